The number of rotatable bonds is 6. The fourth-order valence-corrected chi connectivity index (χ4v) is 4.95. The third-order valence-corrected chi connectivity index (χ3v) is 6.87. The molecule has 2 atom stereocenters. The van der Waals surface area contributed by atoms with Gasteiger partial charge >= 0.3 is 0 Å². The second kappa shape index (κ2) is 10.7. The molecule has 1 aromatic rings. The molecule has 5 rings (SSSR count). The van der Waals surface area contributed by atoms with E-state index in [1.54, 1.807) is 24.3 Å². The first-order valence-electron chi connectivity index (χ1n) is 12.1. The number of Topliss-reactive ketones (excluding diaryl/α,β-unsaturated/α-hetero) is 2. The predicted octanol–water partition coefficient (Wildman–Crippen LogP) is -0.133. The minimum absolute atomic E-state index is 0.0831. The summed E-state index contributed by atoms with van der Waals surface area (Å²) in [4.78, 5) is 41.1. The van der Waals surface area contributed by atoms with Gasteiger partial charge in [-0.25, -0.2) is 0 Å². The van der Waals surface area contributed by atoms with Crippen LogP contribution in [0.25, 0.3) is 0 Å². The zero-order chi connectivity index (χ0) is 23.3. The molecule has 1 aliphatic carbocycles. The van der Waals surface area contributed by atoms with Crippen LogP contribution >= 0.6 is 0 Å². The summed E-state index contributed by atoms with van der Waals surface area (Å²) in [6.45, 7) is 9.10. The number of nitrogens with zero attached hydrogens (tertiary/aromatic N) is 4. The average molecular weight is 469 g/mol. The SMILES string of the molecule is O=C1c2ccccc2C(=O)C2C(=NCCN3CCOCC3)NNC(=NCCN3CCOCC3)C12. The molecule has 10 heteroatoms. The second-order valence-electron chi connectivity index (χ2n) is 8.92. The van der Waals surface area contributed by atoms with E-state index in [1.807, 2.05) is 0 Å². The molecule has 0 amide bonds. The topological polar surface area (TPSA) is 108 Å². The van der Waals surface area contributed by atoms with Gasteiger partial charge in [0.1, 0.15) is 11.7 Å². The van der Waals surface area contributed by atoms with Gasteiger partial charge in [-0.1, -0.05) is 24.3 Å². The number of carbonyl (C=O) groups excluding carboxylic acids is 2. The predicted molar refractivity (Wildman–Crippen MR) is 127 cm³/mol. The van der Waals surface area contributed by atoms with Crippen molar-refractivity contribution in [3.05, 3.63) is 35.4 Å². The Labute approximate surface area is 199 Å². The molecule has 3 heterocycles. The molecule has 2 N–H and O–H groups in total. The monoisotopic (exact) mass is 468 g/mol. The molecule has 0 aromatic heterocycles. The molecular formula is C24H32N6O4. The third-order valence-electron chi connectivity index (χ3n) is 6.87. The van der Waals surface area contributed by atoms with E-state index in [0.29, 0.717) is 35.9 Å². The van der Waals surface area contributed by atoms with Crippen molar-refractivity contribution in [1.82, 2.24) is 20.7 Å². The van der Waals surface area contributed by atoms with E-state index in [0.717, 1.165) is 65.7 Å². The number of amidine groups is 2. The zero-order valence-electron chi connectivity index (χ0n) is 19.4. The van der Waals surface area contributed by atoms with Crippen molar-refractivity contribution in [1.29, 1.82) is 0 Å². The third kappa shape index (κ3) is 4.90. The molecule has 0 saturated carbocycles. The number of ether oxygens (including phenoxy) is 2. The van der Waals surface area contributed by atoms with Crippen molar-refractivity contribution in [3.63, 3.8) is 0 Å². The molecule has 4 aliphatic rings. The van der Waals surface area contributed by atoms with Crippen LogP contribution in [-0.4, -0.2) is 112 Å². The van der Waals surface area contributed by atoms with Gasteiger partial charge in [0.25, 0.3) is 0 Å². The number of fused-ring (bicyclic) bond motifs is 2. The van der Waals surface area contributed by atoms with Crippen LogP contribution in [0.1, 0.15) is 20.7 Å². The van der Waals surface area contributed by atoms with Gasteiger partial charge in [-0.3, -0.25) is 40.2 Å². The number of hydrogen-bond donors (Lipinski definition) is 2. The Morgan fingerprint density at radius 1 is 0.735 bits per heavy atom. The van der Waals surface area contributed by atoms with Crippen LogP contribution in [0.3, 0.4) is 0 Å². The van der Waals surface area contributed by atoms with E-state index < -0.39 is 11.8 Å². The van der Waals surface area contributed by atoms with E-state index >= 15 is 0 Å². The highest BCUT2D eigenvalue weighted by Crippen LogP contribution is 2.33. The Hall–Kier alpha value is -2.66. The normalized spacial score (nSPS) is 28.4. The van der Waals surface area contributed by atoms with Crippen LogP contribution in [0.15, 0.2) is 34.3 Å². The molecule has 0 spiro atoms. The van der Waals surface area contributed by atoms with Crippen molar-refractivity contribution >= 4 is 23.2 Å². The van der Waals surface area contributed by atoms with Crippen LogP contribution < -0.4 is 10.9 Å². The van der Waals surface area contributed by atoms with Gasteiger partial charge in [0, 0.05) is 50.4 Å². The number of benzene rings is 1. The highest BCUT2D eigenvalue weighted by Gasteiger charge is 2.49. The lowest BCUT2D eigenvalue weighted by molar-refractivity contribution is 0.0393. The van der Waals surface area contributed by atoms with E-state index in [-0.39, 0.29) is 11.6 Å². The number of hydrogen-bond acceptors (Lipinski definition) is 8. The van der Waals surface area contributed by atoms with Gasteiger partial charge in [-0.15, -0.1) is 0 Å². The summed E-state index contributed by atoms with van der Waals surface area (Å²) in [6, 6.07) is 7.06. The van der Waals surface area contributed by atoms with Gasteiger partial charge in [0.2, 0.25) is 0 Å². The van der Waals surface area contributed by atoms with Crippen molar-refractivity contribution in [2.45, 2.75) is 0 Å². The van der Waals surface area contributed by atoms with Crippen LogP contribution in [-0.2, 0) is 9.47 Å². The molecule has 0 bridgehead atoms. The van der Waals surface area contributed by atoms with Gasteiger partial charge in [0.15, 0.2) is 11.6 Å². The minimum Gasteiger partial charge on any atom is -0.379 e. The number of ketones is 2. The standard InChI is InChI=1S/C24H32N6O4/c31-21-17-3-1-2-4-18(17)22(32)20-19(21)23(25-5-7-29-9-13-33-14-10-29)27-28-24(20)26-6-8-30-11-15-34-16-12-30/h1-4,19-20H,5-16H2,(H,25,27)(H,26,28). The molecule has 3 saturated heterocycles. The van der Waals surface area contributed by atoms with E-state index in [1.165, 1.54) is 0 Å². The van der Waals surface area contributed by atoms with Crippen LogP contribution in [0, 0.1) is 11.8 Å². The fraction of sp³-hybridized carbons (Fsp3) is 0.583. The van der Waals surface area contributed by atoms with Gasteiger partial charge in [-0.2, -0.15) is 0 Å². The molecule has 0 radical (unpaired) electrons. The molecular weight excluding hydrogens is 436 g/mol. The average Bonchev–Trinajstić information content (AvgIpc) is 2.89. The molecule has 1 aromatic carbocycles. The first kappa shape index (κ1) is 23.1. The molecule has 10 nitrogen and oxygen atoms in total. The highest BCUT2D eigenvalue weighted by molar-refractivity contribution is 6.30. The molecule has 2 unspecified atom stereocenters. The fourth-order valence-electron chi connectivity index (χ4n) is 4.95. The maximum Gasteiger partial charge on any atom is 0.175 e. The first-order valence-corrected chi connectivity index (χ1v) is 12.1. The van der Waals surface area contributed by atoms with Crippen LogP contribution in [0.4, 0.5) is 0 Å². The molecule has 3 aliphatic heterocycles. The molecule has 182 valence electrons. The van der Waals surface area contributed by atoms with Crippen molar-refractivity contribution < 1.29 is 19.1 Å². The van der Waals surface area contributed by atoms with E-state index in [2.05, 4.69) is 20.7 Å². The molecule has 34 heavy (non-hydrogen) atoms. The zero-order valence-corrected chi connectivity index (χ0v) is 19.4. The maximum atomic E-state index is 13.5. The Balaban J connectivity index is 1.35. The Bertz CT molecular complexity index is 891. The van der Waals surface area contributed by atoms with Gasteiger partial charge in [0.05, 0.1) is 51.4 Å². The van der Waals surface area contributed by atoms with Gasteiger partial charge in [-0.05, 0) is 0 Å². The van der Waals surface area contributed by atoms with E-state index in [4.69, 9.17) is 19.5 Å². The smallest absolute Gasteiger partial charge is 0.175 e. The van der Waals surface area contributed by atoms with Crippen LogP contribution in [0.2, 0.25) is 0 Å². The Kier molecular flexibility index (Phi) is 7.29. The summed E-state index contributed by atoms with van der Waals surface area (Å²) in [6.07, 6.45) is 0. The lowest BCUT2D eigenvalue weighted by Crippen LogP contribution is -2.62. The number of hydrazine groups is 1. The van der Waals surface area contributed by atoms with Crippen LogP contribution in [0.5, 0.6) is 0 Å². The second-order valence-corrected chi connectivity index (χ2v) is 8.92. The van der Waals surface area contributed by atoms with Crippen molar-refractivity contribution in [3.8, 4) is 0 Å². The summed E-state index contributed by atoms with van der Waals surface area (Å²) in [7, 11) is 0. The van der Waals surface area contributed by atoms with Crippen molar-refractivity contribution in [2.24, 2.45) is 21.8 Å². The lowest BCUT2D eigenvalue weighted by atomic mass is 9.72. The number of carbonyl (C=O) groups is 2. The lowest BCUT2D eigenvalue weighted by Gasteiger charge is -2.37. The summed E-state index contributed by atoms with van der Waals surface area (Å²) in [5, 5.41) is 0. The number of aliphatic imine (C=N–C) groups is 2. The Morgan fingerprint density at radius 3 is 1.56 bits per heavy atom. The minimum atomic E-state index is -0.685. The summed E-state index contributed by atoms with van der Waals surface area (Å²) in [5.74, 6) is -0.511. The summed E-state index contributed by atoms with van der Waals surface area (Å²) < 4.78 is 10.8. The Morgan fingerprint density at radius 2 is 1.15 bits per heavy atom. The van der Waals surface area contributed by atoms with E-state index in [9.17, 15) is 9.59 Å². The van der Waals surface area contributed by atoms with Gasteiger partial charge < -0.3 is 9.47 Å². The highest BCUT2D eigenvalue weighted by atomic mass is 16.5. The number of morpholine rings is 2. The maximum absolute atomic E-state index is 13.5. The first-order chi connectivity index (χ1) is 16.7. The molecule has 3 fully saturated rings. The van der Waals surface area contributed by atoms with Crippen molar-refractivity contribution in [2.75, 3.05) is 78.8 Å². The quantitative estimate of drug-likeness (QED) is 0.595. The summed E-state index contributed by atoms with van der Waals surface area (Å²) in [5.41, 5.74) is 7.12. The number of nitrogens with one attached hydrogen (secondary N) is 2. The largest absolute Gasteiger partial charge is 0.379 e. The summed E-state index contributed by atoms with van der Waals surface area (Å²) >= 11 is 0.